The van der Waals surface area contributed by atoms with Crippen LogP contribution in [0, 0.1) is 17.8 Å². The molecule has 2 fully saturated rings. The summed E-state index contributed by atoms with van der Waals surface area (Å²) in [4.78, 5) is 12.3. The molecule has 0 heterocycles. The Morgan fingerprint density at radius 3 is 2.55 bits per heavy atom. The van der Waals surface area contributed by atoms with Crippen molar-refractivity contribution < 1.29 is 13.2 Å². The molecular weight excluding hydrogens is 432 g/mol. The molecule has 1 amide bonds. The van der Waals surface area contributed by atoms with Crippen molar-refractivity contribution in [1.82, 2.24) is 4.72 Å². The summed E-state index contributed by atoms with van der Waals surface area (Å²) < 4.78 is 28.5. The van der Waals surface area contributed by atoms with Crippen LogP contribution in [-0.2, 0) is 14.8 Å². The third kappa shape index (κ3) is 5.37. The van der Waals surface area contributed by atoms with Crippen molar-refractivity contribution >= 4 is 39.3 Å². The van der Waals surface area contributed by atoms with Gasteiger partial charge in [0.05, 0.1) is 4.90 Å². The molecule has 0 saturated heterocycles. The molecule has 0 unspecified atom stereocenters. The molecule has 2 aromatic carbocycles. The summed E-state index contributed by atoms with van der Waals surface area (Å²) in [5.74, 6) is 1.55. The average molecular weight is 459 g/mol. The minimum atomic E-state index is -3.60. The summed E-state index contributed by atoms with van der Waals surface area (Å²) in [5, 5.41) is 3.34. The van der Waals surface area contributed by atoms with E-state index in [4.69, 9.17) is 11.6 Å². The Hall–Kier alpha value is -2.15. The van der Waals surface area contributed by atoms with Gasteiger partial charge in [-0.25, -0.2) is 13.1 Å². The quantitative estimate of drug-likeness (QED) is 0.567. The number of amides is 1. The van der Waals surface area contributed by atoms with Gasteiger partial charge in [0.1, 0.15) is 0 Å². The summed E-state index contributed by atoms with van der Waals surface area (Å²) in [7, 11) is -3.60. The molecule has 2 aliphatic rings. The average Bonchev–Trinajstić information content (AvgIpc) is 3.36. The lowest BCUT2D eigenvalue weighted by atomic mass is 9.84. The fraction of sp³-hybridized carbons (Fsp3) is 0.375. The normalized spacial score (nSPS) is 23.9. The monoisotopic (exact) mass is 458 g/mol. The minimum Gasteiger partial charge on any atom is -0.323 e. The Kier molecular flexibility index (Phi) is 6.51. The summed E-state index contributed by atoms with van der Waals surface area (Å²) in [6.07, 6.45) is 7.97. The van der Waals surface area contributed by atoms with Crippen LogP contribution in [0.25, 0.3) is 6.08 Å². The number of sulfonamides is 1. The predicted octanol–water partition coefficient (Wildman–Crippen LogP) is 5.09. The number of halogens is 1. The highest BCUT2D eigenvalue weighted by Crippen LogP contribution is 2.49. The maximum atomic E-state index is 12.8. The molecule has 2 aliphatic carbocycles. The molecule has 4 rings (SSSR count). The summed E-state index contributed by atoms with van der Waals surface area (Å²) in [6, 6.07) is 13.3. The Labute approximate surface area is 188 Å². The molecule has 31 heavy (non-hydrogen) atoms. The third-order valence-electron chi connectivity index (χ3n) is 6.48. The van der Waals surface area contributed by atoms with Crippen LogP contribution in [0.15, 0.2) is 59.5 Å². The van der Waals surface area contributed by atoms with E-state index >= 15 is 0 Å². The fourth-order valence-corrected chi connectivity index (χ4v) is 6.48. The van der Waals surface area contributed by atoms with E-state index < -0.39 is 10.0 Å². The number of rotatable bonds is 7. The molecule has 2 N–H and O–H groups in total. The van der Waals surface area contributed by atoms with Crippen molar-refractivity contribution in [3.05, 3.63) is 65.2 Å². The highest BCUT2D eigenvalue weighted by atomic mass is 35.5. The highest BCUT2D eigenvalue weighted by Gasteiger charge is 2.42. The highest BCUT2D eigenvalue weighted by molar-refractivity contribution is 7.89. The van der Waals surface area contributed by atoms with E-state index in [0.717, 1.165) is 17.9 Å². The Bertz CT molecular complexity index is 1080. The lowest BCUT2D eigenvalue weighted by Gasteiger charge is -2.28. The van der Waals surface area contributed by atoms with Gasteiger partial charge in [0.2, 0.25) is 15.9 Å². The molecule has 2 saturated carbocycles. The number of nitrogens with one attached hydrogen (secondary N) is 2. The number of fused-ring (bicyclic) bond motifs is 2. The maximum Gasteiger partial charge on any atom is 0.248 e. The fourth-order valence-electron chi connectivity index (χ4n) is 4.99. The van der Waals surface area contributed by atoms with Crippen LogP contribution < -0.4 is 10.0 Å². The molecule has 5 nitrogen and oxygen atoms in total. The third-order valence-corrected chi connectivity index (χ3v) is 8.29. The second-order valence-electron chi connectivity index (χ2n) is 8.65. The number of hydrogen-bond acceptors (Lipinski definition) is 3. The van der Waals surface area contributed by atoms with Gasteiger partial charge in [-0.15, -0.1) is 0 Å². The van der Waals surface area contributed by atoms with Gasteiger partial charge < -0.3 is 5.32 Å². The van der Waals surface area contributed by atoms with Crippen molar-refractivity contribution in [3.63, 3.8) is 0 Å². The van der Waals surface area contributed by atoms with E-state index in [1.54, 1.807) is 30.3 Å². The SMILES string of the molecule is C[C@H](NS(=O)(=O)c1ccc(NC(=O)/C=C/c2cccc(Cl)c2)cc1)[C@@H]1C[C@H]2CC[C@H]1C2. The number of benzene rings is 2. The predicted molar refractivity (Wildman–Crippen MR) is 124 cm³/mol. The van der Waals surface area contributed by atoms with Gasteiger partial charge in [-0.3, -0.25) is 4.79 Å². The van der Waals surface area contributed by atoms with Crippen LogP contribution in [0.3, 0.4) is 0 Å². The maximum absolute atomic E-state index is 12.8. The van der Waals surface area contributed by atoms with Gasteiger partial charge in [-0.1, -0.05) is 30.2 Å². The van der Waals surface area contributed by atoms with Crippen LogP contribution in [0.4, 0.5) is 5.69 Å². The number of carbonyl (C=O) groups is 1. The first-order valence-corrected chi connectivity index (χ1v) is 12.5. The molecule has 0 spiro atoms. The van der Waals surface area contributed by atoms with Crippen LogP contribution in [-0.4, -0.2) is 20.4 Å². The van der Waals surface area contributed by atoms with Crippen LogP contribution in [0.2, 0.25) is 5.02 Å². The van der Waals surface area contributed by atoms with Crippen molar-refractivity contribution in [3.8, 4) is 0 Å². The van der Waals surface area contributed by atoms with E-state index in [0.29, 0.717) is 22.5 Å². The van der Waals surface area contributed by atoms with Crippen LogP contribution in [0.5, 0.6) is 0 Å². The van der Waals surface area contributed by atoms with Gasteiger partial charge in [0.25, 0.3) is 0 Å². The summed E-state index contributed by atoms with van der Waals surface area (Å²) >= 11 is 5.94. The van der Waals surface area contributed by atoms with Crippen molar-refractivity contribution in [1.29, 1.82) is 0 Å². The zero-order valence-corrected chi connectivity index (χ0v) is 19.0. The second kappa shape index (κ2) is 9.15. The van der Waals surface area contributed by atoms with Gasteiger partial charge >= 0.3 is 0 Å². The van der Waals surface area contributed by atoms with Crippen LogP contribution in [0.1, 0.15) is 38.2 Å². The van der Waals surface area contributed by atoms with E-state index in [2.05, 4.69) is 10.0 Å². The summed E-state index contributed by atoms with van der Waals surface area (Å²) in [5.41, 5.74) is 1.35. The molecule has 2 bridgehead atoms. The van der Waals surface area contributed by atoms with Crippen LogP contribution >= 0.6 is 11.6 Å². The lowest BCUT2D eigenvalue weighted by molar-refractivity contribution is -0.111. The van der Waals surface area contributed by atoms with Crippen molar-refractivity contribution in [2.24, 2.45) is 17.8 Å². The number of carbonyl (C=O) groups excluding carboxylic acids is 1. The second-order valence-corrected chi connectivity index (χ2v) is 10.8. The van der Waals surface area contributed by atoms with Gasteiger partial charge in [-0.2, -0.15) is 0 Å². The van der Waals surface area contributed by atoms with Gasteiger partial charge in [0, 0.05) is 22.8 Å². The van der Waals surface area contributed by atoms with E-state index in [1.807, 2.05) is 19.1 Å². The topological polar surface area (TPSA) is 75.3 Å². The van der Waals surface area contributed by atoms with Crippen molar-refractivity contribution in [2.45, 2.75) is 43.5 Å². The molecule has 4 atom stereocenters. The van der Waals surface area contributed by atoms with Crippen molar-refractivity contribution in [2.75, 3.05) is 5.32 Å². The van der Waals surface area contributed by atoms with E-state index in [-0.39, 0.29) is 16.8 Å². The minimum absolute atomic E-state index is 0.0729. The summed E-state index contributed by atoms with van der Waals surface area (Å²) in [6.45, 7) is 1.98. The first-order chi connectivity index (χ1) is 14.8. The zero-order chi connectivity index (χ0) is 22.0. The Morgan fingerprint density at radius 1 is 1.13 bits per heavy atom. The smallest absolute Gasteiger partial charge is 0.248 e. The molecule has 2 aromatic rings. The zero-order valence-electron chi connectivity index (χ0n) is 17.4. The molecule has 0 radical (unpaired) electrons. The number of hydrogen-bond donors (Lipinski definition) is 2. The molecule has 7 heteroatoms. The van der Waals surface area contributed by atoms with E-state index in [1.165, 1.54) is 37.5 Å². The molecular formula is C24H27ClN2O3S. The first kappa shape index (κ1) is 22.1. The Morgan fingerprint density at radius 2 is 1.90 bits per heavy atom. The van der Waals surface area contributed by atoms with E-state index in [9.17, 15) is 13.2 Å². The number of anilines is 1. The largest absolute Gasteiger partial charge is 0.323 e. The molecule has 0 aliphatic heterocycles. The van der Waals surface area contributed by atoms with Gasteiger partial charge in [-0.05, 0) is 92.0 Å². The molecule has 0 aromatic heterocycles. The lowest BCUT2D eigenvalue weighted by Crippen LogP contribution is -2.40. The first-order valence-electron chi connectivity index (χ1n) is 10.7. The standard InChI is InChI=1S/C24H27ClN2O3S/c1-16(23-15-18-5-7-19(23)13-18)27-31(29,30)22-10-8-21(9-11-22)26-24(28)12-6-17-3-2-4-20(25)14-17/h2-4,6,8-12,14,16,18-19,23,27H,5,7,13,15H2,1H3,(H,26,28)/b12-6+/t16-,18-,19-,23-/m0/s1. The molecule has 164 valence electrons. The Balaban J connectivity index is 1.35. The van der Waals surface area contributed by atoms with Gasteiger partial charge in [0.15, 0.2) is 0 Å².